The number of anilines is 1. The van der Waals surface area contributed by atoms with Crippen LogP contribution >= 0.6 is 11.6 Å². The SMILES string of the molecule is Cc1ccc(S(=O)(=O)c2cn(CC(=O)Nc3cc(C)ccc3C)c3ccc(Cl)cc3c2=O)cc1. The van der Waals surface area contributed by atoms with E-state index >= 15 is 0 Å². The summed E-state index contributed by atoms with van der Waals surface area (Å²) in [6, 6.07) is 16.6. The molecule has 1 heterocycles. The average Bonchev–Trinajstić information content (AvgIpc) is 2.78. The second kappa shape index (κ2) is 9.08. The van der Waals surface area contributed by atoms with Crippen molar-refractivity contribution in [2.75, 3.05) is 5.32 Å². The fourth-order valence-electron chi connectivity index (χ4n) is 3.72. The van der Waals surface area contributed by atoms with Crippen LogP contribution in [0.1, 0.15) is 16.7 Å². The van der Waals surface area contributed by atoms with Crippen LogP contribution in [0.3, 0.4) is 0 Å². The Hall–Kier alpha value is -3.42. The number of rotatable bonds is 5. The Morgan fingerprint density at radius 1 is 0.941 bits per heavy atom. The van der Waals surface area contributed by atoms with Gasteiger partial charge in [-0.25, -0.2) is 8.42 Å². The molecule has 1 amide bonds. The van der Waals surface area contributed by atoms with Crippen LogP contribution in [0.4, 0.5) is 5.69 Å². The van der Waals surface area contributed by atoms with E-state index < -0.39 is 20.2 Å². The van der Waals surface area contributed by atoms with E-state index in [4.69, 9.17) is 11.6 Å². The summed E-state index contributed by atoms with van der Waals surface area (Å²) in [5, 5.41) is 3.29. The molecule has 1 aromatic heterocycles. The lowest BCUT2D eigenvalue weighted by Gasteiger charge is -2.15. The molecule has 1 N–H and O–H groups in total. The van der Waals surface area contributed by atoms with E-state index in [2.05, 4.69) is 5.32 Å². The van der Waals surface area contributed by atoms with Crippen molar-refractivity contribution in [3.05, 3.63) is 98.8 Å². The molecule has 0 aliphatic heterocycles. The lowest BCUT2D eigenvalue weighted by molar-refractivity contribution is -0.116. The van der Waals surface area contributed by atoms with Gasteiger partial charge in [0, 0.05) is 22.3 Å². The molecule has 174 valence electrons. The molecule has 34 heavy (non-hydrogen) atoms. The van der Waals surface area contributed by atoms with Gasteiger partial charge in [-0.15, -0.1) is 0 Å². The summed E-state index contributed by atoms with van der Waals surface area (Å²) in [7, 11) is -4.13. The van der Waals surface area contributed by atoms with E-state index in [9.17, 15) is 18.0 Å². The largest absolute Gasteiger partial charge is 0.336 e. The molecule has 0 fully saturated rings. The molecule has 0 aliphatic rings. The first-order valence-electron chi connectivity index (χ1n) is 10.6. The number of amides is 1. The zero-order valence-corrected chi connectivity index (χ0v) is 20.5. The van der Waals surface area contributed by atoms with Crippen LogP contribution in [0.25, 0.3) is 10.9 Å². The van der Waals surface area contributed by atoms with Crippen LogP contribution in [0, 0.1) is 20.8 Å². The molecule has 0 saturated heterocycles. The minimum absolute atomic E-state index is 0.00275. The minimum Gasteiger partial charge on any atom is -0.336 e. The van der Waals surface area contributed by atoms with Gasteiger partial charge in [-0.1, -0.05) is 41.4 Å². The second-order valence-electron chi connectivity index (χ2n) is 8.29. The summed E-state index contributed by atoms with van der Waals surface area (Å²) in [6.07, 6.45) is 1.23. The molecule has 4 aromatic rings. The van der Waals surface area contributed by atoms with Gasteiger partial charge in [0.15, 0.2) is 0 Å². The van der Waals surface area contributed by atoms with Gasteiger partial charge in [0.1, 0.15) is 11.4 Å². The van der Waals surface area contributed by atoms with Crippen molar-refractivity contribution in [3.63, 3.8) is 0 Å². The van der Waals surface area contributed by atoms with Crippen molar-refractivity contribution in [3.8, 4) is 0 Å². The Balaban J connectivity index is 1.83. The fraction of sp³-hybridized carbons (Fsp3) is 0.154. The number of benzene rings is 3. The Labute approximate surface area is 202 Å². The van der Waals surface area contributed by atoms with Crippen molar-refractivity contribution >= 4 is 43.9 Å². The topological polar surface area (TPSA) is 85.2 Å². The van der Waals surface area contributed by atoms with Gasteiger partial charge in [0.2, 0.25) is 21.2 Å². The van der Waals surface area contributed by atoms with Gasteiger partial charge in [0.25, 0.3) is 0 Å². The van der Waals surface area contributed by atoms with Crippen molar-refractivity contribution in [1.82, 2.24) is 4.57 Å². The monoisotopic (exact) mass is 494 g/mol. The number of fused-ring (bicyclic) bond motifs is 1. The number of hydrogen-bond donors (Lipinski definition) is 1. The standard InChI is InChI=1S/C26H23ClN2O4S/c1-16-5-9-20(10-6-16)34(32,33)24-14-29(23-11-8-19(27)13-21(23)26(24)31)15-25(30)28-22-12-17(2)4-7-18(22)3/h4-14H,15H2,1-3H3,(H,28,30). The van der Waals surface area contributed by atoms with Gasteiger partial charge >= 0.3 is 0 Å². The van der Waals surface area contributed by atoms with Crippen LogP contribution in [-0.4, -0.2) is 18.9 Å². The van der Waals surface area contributed by atoms with Gasteiger partial charge in [0.05, 0.1) is 10.4 Å². The van der Waals surface area contributed by atoms with Gasteiger partial charge < -0.3 is 9.88 Å². The van der Waals surface area contributed by atoms with Gasteiger partial charge in [-0.05, 0) is 68.3 Å². The maximum Gasteiger partial charge on any atom is 0.244 e. The van der Waals surface area contributed by atoms with Crippen molar-refractivity contribution in [2.24, 2.45) is 0 Å². The lowest BCUT2D eigenvalue weighted by Crippen LogP contribution is -2.24. The third kappa shape index (κ3) is 4.62. The van der Waals surface area contributed by atoms with Crippen molar-refractivity contribution in [2.45, 2.75) is 37.1 Å². The Morgan fingerprint density at radius 3 is 2.32 bits per heavy atom. The fourth-order valence-corrected chi connectivity index (χ4v) is 5.27. The molecule has 0 radical (unpaired) electrons. The van der Waals surface area contributed by atoms with Crippen molar-refractivity contribution < 1.29 is 13.2 Å². The van der Waals surface area contributed by atoms with Gasteiger partial charge in [-0.2, -0.15) is 0 Å². The summed E-state index contributed by atoms with van der Waals surface area (Å²) in [5.41, 5.74) is 3.21. The highest BCUT2D eigenvalue weighted by Gasteiger charge is 2.24. The maximum atomic E-state index is 13.4. The zero-order chi connectivity index (χ0) is 24.6. The Kier molecular flexibility index (Phi) is 6.34. The summed E-state index contributed by atoms with van der Waals surface area (Å²) in [5.74, 6) is -0.354. The van der Waals surface area contributed by atoms with Crippen molar-refractivity contribution in [1.29, 1.82) is 0 Å². The normalized spacial score (nSPS) is 11.5. The van der Waals surface area contributed by atoms with E-state index in [0.717, 1.165) is 16.7 Å². The molecule has 0 bridgehead atoms. The Morgan fingerprint density at radius 2 is 1.62 bits per heavy atom. The number of nitrogens with zero attached hydrogens (tertiary/aromatic N) is 1. The van der Waals surface area contributed by atoms with Gasteiger partial charge in [-0.3, -0.25) is 9.59 Å². The number of carbonyl (C=O) groups is 1. The number of nitrogens with one attached hydrogen (secondary N) is 1. The second-order valence-corrected chi connectivity index (χ2v) is 10.6. The smallest absolute Gasteiger partial charge is 0.244 e. The first-order valence-corrected chi connectivity index (χ1v) is 12.4. The van der Waals surface area contributed by atoms with Crippen LogP contribution in [0.15, 0.2) is 81.4 Å². The van der Waals surface area contributed by atoms with E-state index in [0.29, 0.717) is 16.2 Å². The summed E-state index contributed by atoms with van der Waals surface area (Å²) in [6.45, 7) is 5.46. The third-order valence-corrected chi connectivity index (χ3v) is 7.61. The first-order chi connectivity index (χ1) is 16.1. The molecule has 0 aliphatic carbocycles. The predicted octanol–water partition coefficient (Wildman–Crippen LogP) is 5.05. The first kappa shape index (κ1) is 23.7. The molecule has 0 atom stereocenters. The number of aromatic nitrogens is 1. The number of aryl methyl sites for hydroxylation is 3. The average molecular weight is 495 g/mol. The summed E-state index contributed by atoms with van der Waals surface area (Å²) in [4.78, 5) is 25.7. The maximum absolute atomic E-state index is 13.4. The highest BCUT2D eigenvalue weighted by atomic mass is 35.5. The Bertz CT molecular complexity index is 1590. The molecule has 6 nitrogen and oxygen atoms in total. The van der Waals surface area contributed by atoms with Crippen LogP contribution in [0.5, 0.6) is 0 Å². The van der Waals surface area contributed by atoms with E-state index in [1.165, 1.54) is 29.0 Å². The van der Waals surface area contributed by atoms with Crippen LogP contribution in [0.2, 0.25) is 5.02 Å². The minimum atomic E-state index is -4.13. The van der Waals surface area contributed by atoms with E-state index in [1.54, 1.807) is 24.3 Å². The van der Waals surface area contributed by atoms with Crippen LogP contribution < -0.4 is 10.7 Å². The number of halogens is 1. The molecule has 4 rings (SSSR count). The lowest BCUT2D eigenvalue weighted by atomic mass is 10.1. The zero-order valence-electron chi connectivity index (χ0n) is 18.9. The highest BCUT2D eigenvalue weighted by molar-refractivity contribution is 7.91. The molecule has 8 heteroatoms. The highest BCUT2D eigenvalue weighted by Crippen LogP contribution is 2.24. The number of sulfone groups is 1. The molecular formula is C26H23ClN2O4S. The summed E-state index contributed by atoms with van der Waals surface area (Å²) < 4.78 is 28.2. The number of pyridine rings is 1. The number of carbonyl (C=O) groups excluding carboxylic acids is 1. The van der Waals surface area contributed by atoms with Crippen LogP contribution in [-0.2, 0) is 21.2 Å². The quantitative estimate of drug-likeness (QED) is 0.420. The molecule has 0 saturated carbocycles. The molecular weight excluding hydrogens is 472 g/mol. The predicted molar refractivity (Wildman–Crippen MR) is 134 cm³/mol. The molecule has 0 unspecified atom stereocenters. The summed E-state index contributed by atoms with van der Waals surface area (Å²) >= 11 is 6.11. The van der Waals surface area contributed by atoms with E-state index in [-0.39, 0.29) is 22.7 Å². The molecule has 0 spiro atoms. The molecule has 3 aromatic carbocycles. The third-order valence-electron chi connectivity index (χ3n) is 5.61. The van der Waals surface area contributed by atoms with E-state index in [1.807, 2.05) is 39.0 Å². The number of hydrogen-bond acceptors (Lipinski definition) is 4.